The first-order valence-corrected chi connectivity index (χ1v) is 12.3. The van der Waals surface area contributed by atoms with Gasteiger partial charge in [-0.3, -0.25) is 9.36 Å². The number of alkyl halides is 1. The fourth-order valence-electron chi connectivity index (χ4n) is 4.92. The quantitative estimate of drug-likeness (QED) is 0.428. The lowest BCUT2D eigenvalue weighted by molar-refractivity contribution is -0.157. The number of methoxy groups -OCH3 is 2. The van der Waals surface area contributed by atoms with Crippen molar-refractivity contribution in [2.45, 2.75) is 76.0 Å². The van der Waals surface area contributed by atoms with E-state index in [0.29, 0.717) is 26.3 Å². The van der Waals surface area contributed by atoms with Crippen molar-refractivity contribution in [2.75, 3.05) is 40.5 Å². The minimum atomic E-state index is -3.66. The molecule has 1 aliphatic heterocycles. The van der Waals surface area contributed by atoms with Crippen molar-refractivity contribution in [3.63, 3.8) is 0 Å². The Bertz CT molecular complexity index is 629. The number of nitrogens with zero attached hydrogens (tertiary/aromatic N) is 2. The largest absolute Gasteiger partial charge is 0.460 e. The van der Waals surface area contributed by atoms with Gasteiger partial charge in [-0.25, -0.2) is 13.7 Å². The second kappa shape index (κ2) is 8.54. The minimum Gasteiger partial charge on any atom is -0.460 e. The van der Waals surface area contributed by atoms with Crippen LogP contribution in [0.5, 0.6) is 0 Å². The molecule has 0 bridgehead atoms. The number of hydrogen-bond donors (Lipinski definition) is 0. The molecule has 0 radical (unpaired) electrons. The first-order chi connectivity index (χ1) is 13.6. The van der Waals surface area contributed by atoms with Crippen LogP contribution in [-0.2, 0) is 23.6 Å². The van der Waals surface area contributed by atoms with Crippen molar-refractivity contribution in [1.29, 1.82) is 0 Å². The first-order valence-electron chi connectivity index (χ1n) is 10.6. The minimum absolute atomic E-state index is 0.0223. The van der Waals surface area contributed by atoms with Crippen molar-refractivity contribution in [3.8, 4) is 0 Å². The topological polar surface area (TPSA) is 68.3 Å². The highest BCUT2D eigenvalue weighted by atomic mass is 31.2. The Hall–Kier alpha value is -0.530. The summed E-state index contributed by atoms with van der Waals surface area (Å²) >= 11 is 0. The standard InChI is InChI=1S/C20H36FN2O5P/c1-19(2,3)28-18(24)15-14-20(15,21)29(25)22(10-12-26-4)16-8-6-7-9-17(16)23(29)11-13-27-5/h15-17H,6-14H2,1-5H3/t15-,16+,17+,20+/m0/s1. The van der Waals surface area contributed by atoms with Gasteiger partial charge in [-0.05, 0) is 33.6 Å². The molecule has 0 amide bonds. The number of carbonyl (C=O) groups excluding carboxylic acids is 1. The lowest BCUT2D eigenvalue weighted by Crippen LogP contribution is -2.41. The second-order valence-electron chi connectivity index (χ2n) is 9.38. The third-order valence-electron chi connectivity index (χ3n) is 6.24. The molecule has 1 heterocycles. The van der Waals surface area contributed by atoms with E-state index in [1.54, 1.807) is 35.0 Å². The highest BCUT2D eigenvalue weighted by Gasteiger charge is 2.77. The van der Waals surface area contributed by atoms with E-state index in [0.717, 1.165) is 25.7 Å². The van der Waals surface area contributed by atoms with Crippen molar-refractivity contribution < 1.29 is 28.0 Å². The number of halogens is 1. The van der Waals surface area contributed by atoms with Crippen LogP contribution in [-0.4, -0.2) is 78.9 Å². The molecule has 2 saturated carbocycles. The molecule has 3 aliphatic rings. The van der Waals surface area contributed by atoms with E-state index >= 15 is 4.39 Å². The third kappa shape index (κ3) is 4.16. The second-order valence-corrected chi connectivity index (χ2v) is 12.2. The predicted octanol–water partition coefficient (Wildman–Crippen LogP) is 3.43. The number of rotatable bonds is 8. The summed E-state index contributed by atoms with van der Waals surface area (Å²) < 4.78 is 50.5. The maximum Gasteiger partial charge on any atom is 0.313 e. The molecule has 3 fully saturated rings. The number of fused-ring (bicyclic) bond motifs is 1. The Morgan fingerprint density at radius 2 is 1.55 bits per heavy atom. The molecule has 29 heavy (non-hydrogen) atoms. The molecule has 168 valence electrons. The number of hydrogen-bond acceptors (Lipinski definition) is 5. The Kier molecular flexibility index (Phi) is 6.82. The summed E-state index contributed by atoms with van der Waals surface area (Å²) in [6, 6.07) is 0.0446. The van der Waals surface area contributed by atoms with E-state index < -0.39 is 30.3 Å². The summed E-state index contributed by atoms with van der Waals surface area (Å²) in [5, 5.41) is -2.08. The monoisotopic (exact) mass is 434 g/mol. The molecule has 0 aromatic rings. The van der Waals surface area contributed by atoms with E-state index in [1.807, 2.05) is 9.34 Å². The summed E-state index contributed by atoms with van der Waals surface area (Å²) in [4.78, 5) is 12.6. The van der Waals surface area contributed by atoms with E-state index in [2.05, 4.69) is 0 Å². The summed E-state index contributed by atoms with van der Waals surface area (Å²) in [7, 11) is -0.482. The van der Waals surface area contributed by atoms with Crippen LogP contribution in [0.3, 0.4) is 0 Å². The maximum atomic E-state index is 16.3. The van der Waals surface area contributed by atoms with Gasteiger partial charge in [-0.2, -0.15) is 0 Å². The lowest BCUT2D eigenvalue weighted by Gasteiger charge is -2.35. The summed E-state index contributed by atoms with van der Waals surface area (Å²) in [6.07, 6.45) is 3.80. The van der Waals surface area contributed by atoms with E-state index in [1.165, 1.54) is 0 Å². The van der Waals surface area contributed by atoms with Crippen molar-refractivity contribution in [2.24, 2.45) is 5.92 Å². The van der Waals surface area contributed by atoms with E-state index in [9.17, 15) is 9.36 Å². The molecular formula is C20H36FN2O5P. The Balaban J connectivity index is 1.94. The first kappa shape index (κ1) is 23.1. The number of ether oxygens (including phenoxy) is 3. The Labute approximate surface area is 173 Å². The van der Waals surface area contributed by atoms with Gasteiger partial charge in [-0.1, -0.05) is 12.8 Å². The van der Waals surface area contributed by atoms with Crippen LogP contribution < -0.4 is 0 Å². The van der Waals surface area contributed by atoms with Crippen molar-refractivity contribution >= 4 is 13.4 Å². The maximum absolute atomic E-state index is 16.3. The summed E-state index contributed by atoms with van der Waals surface area (Å²) in [5.74, 6) is -1.58. The number of esters is 1. The molecule has 1 saturated heterocycles. The van der Waals surface area contributed by atoms with Gasteiger partial charge in [0.05, 0.1) is 13.2 Å². The van der Waals surface area contributed by atoms with Crippen molar-refractivity contribution in [3.05, 3.63) is 0 Å². The molecule has 7 nitrogen and oxygen atoms in total. The van der Waals surface area contributed by atoms with Crippen LogP contribution in [0.15, 0.2) is 0 Å². The zero-order valence-electron chi connectivity index (χ0n) is 18.4. The highest BCUT2D eigenvalue weighted by molar-refractivity contribution is 7.61. The van der Waals surface area contributed by atoms with E-state index in [4.69, 9.17) is 14.2 Å². The van der Waals surface area contributed by atoms with Crippen LogP contribution in [0, 0.1) is 5.92 Å². The van der Waals surface area contributed by atoms with Gasteiger partial charge >= 0.3 is 5.97 Å². The molecule has 0 aromatic heterocycles. The van der Waals surface area contributed by atoms with Crippen LogP contribution in [0.1, 0.15) is 52.9 Å². The molecule has 0 unspecified atom stereocenters. The zero-order chi connectivity index (χ0) is 21.4. The van der Waals surface area contributed by atoms with Gasteiger partial charge in [0.15, 0.2) is 0 Å². The normalized spacial score (nSPS) is 34.8. The molecule has 0 spiro atoms. The molecule has 2 aliphatic carbocycles. The average Bonchev–Trinajstić information content (AvgIpc) is 3.29. The van der Waals surface area contributed by atoms with Crippen LogP contribution in [0.2, 0.25) is 0 Å². The molecule has 0 aromatic carbocycles. The van der Waals surface area contributed by atoms with Crippen LogP contribution >= 0.6 is 7.44 Å². The Morgan fingerprint density at radius 3 is 1.97 bits per heavy atom. The fourth-order valence-corrected chi connectivity index (χ4v) is 9.05. The van der Waals surface area contributed by atoms with Gasteiger partial charge in [0.25, 0.3) is 7.44 Å². The van der Waals surface area contributed by atoms with Gasteiger partial charge in [0, 0.05) is 45.8 Å². The SMILES string of the molecule is COCCN1[C@@H]2CCCC[C@H]2N(CCOC)P1(=O)[C@]1(F)C[C@H]1C(=O)OC(C)(C)C. The summed E-state index contributed by atoms with van der Waals surface area (Å²) in [5.41, 5.74) is -0.704. The highest BCUT2D eigenvalue weighted by Crippen LogP contribution is 2.80. The molecule has 9 heteroatoms. The number of carbonyl (C=O) groups is 1. The molecular weight excluding hydrogens is 398 g/mol. The molecule has 3 rings (SSSR count). The van der Waals surface area contributed by atoms with Crippen LogP contribution in [0.4, 0.5) is 4.39 Å². The third-order valence-corrected chi connectivity index (χ3v) is 10.1. The predicted molar refractivity (Wildman–Crippen MR) is 109 cm³/mol. The summed E-state index contributed by atoms with van der Waals surface area (Å²) in [6.45, 7) is 6.81. The van der Waals surface area contributed by atoms with Gasteiger partial charge in [0.1, 0.15) is 11.5 Å². The molecule has 0 N–H and O–H groups in total. The van der Waals surface area contributed by atoms with Gasteiger partial charge in [-0.15, -0.1) is 0 Å². The molecule has 4 atom stereocenters. The lowest BCUT2D eigenvalue weighted by atomic mass is 9.90. The van der Waals surface area contributed by atoms with Crippen LogP contribution in [0.25, 0.3) is 0 Å². The van der Waals surface area contributed by atoms with Gasteiger partial charge in [0.2, 0.25) is 5.41 Å². The zero-order valence-corrected chi connectivity index (χ0v) is 19.3. The van der Waals surface area contributed by atoms with Crippen molar-refractivity contribution in [1.82, 2.24) is 9.34 Å². The Morgan fingerprint density at radius 1 is 1.07 bits per heavy atom. The van der Waals surface area contributed by atoms with E-state index in [-0.39, 0.29) is 18.5 Å². The van der Waals surface area contributed by atoms with Gasteiger partial charge < -0.3 is 14.2 Å². The average molecular weight is 434 g/mol. The smallest absolute Gasteiger partial charge is 0.313 e. The fraction of sp³-hybridized carbons (Fsp3) is 0.950.